The number of nitrogens with zero attached hydrogens (tertiary/aromatic N) is 2. The van der Waals surface area contributed by atoms with E-state index in [0.29, 0.717) is 22.0 Å². The Hall–Kier alpha value is -2.22. The van der Waals surface area contributed by atoms with E-state index in [-0.39, 0.29) is 15.6 Å². The number of hydrogen-bond donors (Lipinski definition) is 1. The van der Waals surface area contributed by atoms with Gasteiger partial charge in [-0.1, -0.05) is 41.4 Å². The molecule has 6 nitrogen and oxygen atoms in total. The molecule has 0 atom stereocenters. The molecular formula is C18H17Cl2N3O3S. The van der Waals surface area contributed by atoms with Crippen LogP contribution in [0.5, 0.6) is 0 Å². The van der Waals surface area contributed by atoms with Crippen molar-refractivity contribution in [2.75, 3.05) is 4.72 Å². The van der Waals surface area contributed by atoms with Gasteiger partial charge in [0.25, 0.3) is 15.6 Å². The first-order chi connectivity index (χ1) is 12.6. The van der Waals surface area contributed by atoms with E-state index in [1.165, 1.54) is 16.8 Å². The normalized spacial score (nSPS) is 11.6. The average Bonchev–Trinajstić information content (AvgIpc) is 2.82. The van der Waals surface area contributed by atoms with Gasteiger partial charge in [0.2, 0.25) is 0 Å². The van der Waals surface area contributed by atoms with Crippen molar-refractivity contribution in [3.05, 3.63) is 74.1 Å². The molecule has 0 radical (unpaired) electrons. The Morgan fingerprint density at radius 2 is 1.63 bits per heavy atom. The van der Waals surface area contributed by atoms with E-state index >= 15 is 0 Å². The predicted molar refractivity (Wildman–Crippen MR) is 108 cm³/mol. The third-order valence-corrected chi connectivity index (χ3v) is 6.51. The lowest BCUT2D eigenvalue weighted by atomic mass is 10.2. The van der Waals surface area contributed by atoms with Gasteiger partial charge < -0.3 is 0 Å². The Bertz CT molecular complexity index is 1180. The van der Waals surface area contributed by atoms with Gasteiger partial charge in [-0.05, 0) is 43.7 Å². The standard InChI is InChI=1S/C18H17Cl2N3O3S/c1-11-9-16(15(20)10-14(11)19)27(25,26)21-17-12(2)22(3)23(18(17)24)13-7-5-4-6-8-13/h4-10,21H,1-3H3. The van der Waals surface area contributed by atoms with Crippen molar-refractivity contribution in [2.45, 2.75) is 18.7 Å². The summed E-state index contributed by atoms with van der Waals surface area (Å²) in [5.41, 5.74) is 1.14. The van der Waals surface area contributed by atoms with Crippen LogP contribution in [-0.4, -0.2) is 17.8 Å². The third kappa shape index (κ3) is 3.50. The second-order valence-corrected chi connectivity index (χ2v) is 8.54. The van der Waals surface area contributed by atoms with Gasteiger partial charge in [0.15, 0.2) is 0 Å². The highest BCUT2D eigenvalue weighted by molar-refractivity contribution is 7.92. The molecule has 1 aromatic heterocycles. The summed E-state index contributed by atoms with van der Waals surface area (Å²) >= 11 is 12.1. The molecule has 1 heterocycles. The van der Waals surface area contributed by atoms with Gasteiger partial charge in [0.05, 0.1) is 16.4 Å². The van der Waals surface area contributed by atoms with E-state index in [2.05, 4.69) is 4.72 Å². The highest BCUT2D eigenvalue weighted by Gasteiger charge is 2.25. The second-order valence-electron chi connectivity index (χ2n) is 6.07. The molecule has 142 valence electrons. The minimum atomic E-state index is -4.08. The summed E-state index contributed by atoms with van der Waals surface area (Å²) in [5, 5.41) is 0.344. The van der Waals surface area contributed by atoms with Gasteiger partial charge in [-0.3, -0.25) is 14.2 Å². The Kier molecular flexibility index (Phi) is 5.12. The monoisotopic (exact) mass is 425 g/mol. The summed E-state index contributed by atoms with van der Waals surface area (Å²) in [5.74, 6) is 0. The van der Waals surface area contributed by atoms with Gasteiger partial charge in [-0.2, -0.15) is 0 Å². The van der Waals surface area contributed by atoms with Crippen LogP contribution in [-0.2, 0) is 17.1 Å². The summed E-state index contributed by atoms with van der Waals surface area (Å²) in [7, 11) is -2.40. The zero-order valence-corrected chi connectivity index (χ0v) is 17.2. The fourth-order valence-electron chi connectivity index (χ4n) is 2.71. The van der Waals surface area contributed by atoms with Gasteiger partial charge in [0, 0.05) is 12.1 Å². The number of aryl methyl sites for hydroxylation is 1. The number of halogens is 2. The summed E-state index contributed by atoms with van der Waals surface area (Å²) in [6.45, 7) is 3.33. The lowest BCUT2D eigenvalue weighted by Gasteiger charge is -2.10. The van der Waals surface area contributed by atoms with Crippen LogP contribution in [0.15, 0.2) is 52.2 Å². The molecule has 0 saturated heterocycles. The highest BCUT2D eigenvalue weighted by atomic mass is 35.5. The Balaban J connectivity index is 2.12. The van der Waals surface area contributed by atoms with E-state index in [4.69, 9.17) is 23.2 Å². The molecule has 0 saturated carbocycles. The summed E-state index contributed by atoms with van der Waals surface area (Å²) in [4.78, 5) is 12.7. The van der Waals surface area contributed by atoms with Crippen LogP contribution < -0.4 is 10.3 Å². The van der Waals surface area contributed by atoms with Crippen LogP contribution in [0, 0.1) is 13.8 Å². The molecule has 27 heavy (non-hydrogen) atoms. The van der Waals surface area contributed by atoms with E-state index in [1.54, 1.807) is 49.8 Å². The van der Waals surface area contributed by atoms with Crippen molar-refractivity contribution >= 4 is 38.9 Å². The van der Waals surface area contributed by atoms with Gasteiger partial charge in [-0.15, -0.1) is 0 Å². The molecule has 0 amide bonds. The van der Waals surface area contributed by atoms with Crippen molar-refractivity contribution in [2.24, 2.45) is 7.05 Å². The number of aromatic nitrogens is 2. The Morgan fingerprint density at radius 1 is 1.00 bits per heavy atom. The van der Waals surface area contributed by atoms with Crippen molar-refractivity contribution in [3.8, 4) is 5.69 Å². The number of anilines is 1. The Labute approximate surface area is 167 Å². The van der Waals surface area contributed by atoms with Gasteiger partial charge >= 0.3 is 0 Å². The van der Waals surface area contributed by atoms with Crippen molar-refractivity contribution < 1.29 is 8.42 Å². The lowest BCUT2D eigenvalue weighted by molar-refractivity contribution is 0.601. The molecular weight excluding hydrogens is 409 g/mol. The van der Waals surface area contributed by atoms with Gasteiger partial charge in [0.1, 0.15) is 10.6 Å². The number of nitrogens with one attached hydrogen (secondary N) is 1. The molecule has 1 N–H and O–H groups in total. The molecule has 0 aliphatic carbocycles. The molecule has 0 unspecified atom stereocenters. The molecule has 3 aromatic rings. The second kappa shape index (κ2) is 7.07. The van der Waals surface area contributed by atoms with E-state index in [1.807, 2.05) is 6.07 Å². The van der Waals surface area contributed by atoms with E-state index in [0.717, 1.165) is 0 Å². The van der Waals surface area contributed by atoms with E-state index in [9.17, 15) is 13.2 Å². The number of sulfonamides is 1. The topological polar surface area (TPSA) is 73.1 Å². The fraction of sp³-hybridized carbons (Fsp3) is 0.167. The first-order valence-electron chi connectivity index (χ1n) is 7.96. The number of para-hydroxylation sites is 1. The minimum Gasteiger partial charge on any atom is -0.283 e. The molecule has 9 heteroatoms. The molecule has 3 rings (SSSR count). The number of hydrogen-bond acceptors (Lipinski definition) is 3. The van der Waals surface area contributed by atoms with Crippen molar-refractivity contribution in [1.29, 1.82) is 0 Å². The average molecular weight is 426 g/mol. The minimum absolute atomic E-state index is 0.0185. The number of rotatable bonds is 4. The largest absolute Gasteiger partial charge is 0.296 e. The van der Waals surface area contributed by atoms with Crippen LogP contribution in [0.2, 0.25) is 10.0 Å². The molecule has 0 aliphatic heterocycles. The van der Waals surface area contributed by atoms with Crippen molar-refractivity contribution in [3.63, 3.8) is 0 Å². The molecule has 2 aromatic carbocycles. The molecule has 0 aliphatic rings. The first-order valence-corrected chi connectivity index (χ1v) is 10.2. The maximum atomic E-state index is 12.9. The van der Waals surface area contributed by atoms with Crippen LogP contribution >= 0.6 is 23.2 Å². The van der Waals surface area contributed by atoms with Crippen LogP contribution in [0.1, 0.15) is 11.3 Å². The quantitative estimate of drug-likeness (QED) is 0.688. The smallest absolute Gasteiger partial charge is 0.283 e. The van der Waals surface area contributed by atoms with Crippen molar-refractivity contribution in [1.82, 2.24) is 9.36 Å². The third-order valence-electron chi connectivity index (χ3n) is 4.29. The van der Waals surface area contributed by atoms with Gasteiger partial charge in [-0.25, -0.2) is 13.1 Å². The number of benzene rings is 2. The maximum absolute atomic E-state index is 12.9. The zero-order chi connectivity index (χ0) is 19.9. The van der Waals surface area contributed by atoms with Crippen LogP contribution in [0.4, 0.5) is 5.69 Å². The fourth-order valence-corrected chi connectivity index (χ4v) is 4.66. The summed E-state index contributed by atoms with van der Waals surface area (Å²) in [6.07, 6.45) is 0. The highest BCUT2D eigenvalue weighted by Crippen LogP contribution is 2.29. The molecule has 0 spiro atoms. The maximum Gasteiger partial charge on any atom is 0.296 e. The molecule has 0 bridgehead atoms. The zero-order valence-electron chi connectivity index (χ0n) is 14.8. The predicted octanol–water partition coefficient (Wildman–Crippen LogP) is 3.90. The first kappa shape index (κ1) is 19.5. The molecule has 0 fully saturated rings. The van der Waals surface area contributed by atoms with Crippen LogP contribution in [0.25, 0.3) is 5.69 Å². The van der Waals surface area contributed by atoms with E-state index < -0.39 is 15.6 Å². The lowest BCUT2D eigenvalue weighted by Crippen LogP contribution is -2.23. The summed E-state index contributed by atoms with van der Waals surface area (Å²) in [6, 6.07) is 11.7. The summed E-state index contributed by atoms with van der Waals surface area (Å²) < 4.78 is 31.1. The van der Waals surface area contributed by atoms with Crippen LogP contribution in [0.3, 0.4) is 0 Å². The SMILES string of the molecule is Cc1cc(S(=O)(=O)Nc2c(C)n(C)n(-c3ccccc3)c2=O)c(Cl)cc1Cl. The Morgan fingerprint density at radius 3 is 2.26 bits per heavy atom.